The molecule has 34 heavy (non-hydrogen) atoms. The lowest BCUT2D eigenvalue weighted by atomic mass is 9.92. The predicted molar refractivity (Wildman–Crippen MR) is 121 cm³/mol. The average Bonchev–Trinajstić information content (AvgIpc) is 3.23. The van der Waals surface area contributed by atoms with Crippen molar-refractivity contribution in [1.29, 1.82) is 0 Å². The van der Waals surface area contributed by atoms with E-state index in [4.69, 9.17) is 5.11 Å². The third-order valence-electron chi connectivity index (χ3n) is 5.64. The number of benzene rings is 3. The van der Waals surface area contributed by atoms with E-state index in [-0.39, 0.29) is 6.42 Å². The van der Waals surface area contributed by atoms with E-state index in [2.05, 4.69) is 5.10 Å². The summed E-state index contributed by atoms with van der Waals surface area (Å²) in [6.45, 7) is 1.87. The first-order chi connectivity index (χ1) is 16.2. The van der Waals surface area contributed by atoms with E-state index in [0.717, 1.165) is 5.56 Å². The largest absolute Gasteiger partial charge is 0.481 e. The highest BCUT2D eigenvalue weighted by Crippen LogP contribution is 2.38. The zero-order valence-electron chi connectivity index (χ0n) is 18.2. The smallest absolute Gasteiger partial charge is 0.337 e. The molecule has 0 fully saturated rings. The summed E-state index contributed by atoms with van der Waals surface area (Å²) in [5.74, 6) is -8.03. The van der Waals surface area contributed by atoms with Crippen molar-refractivity contribution in [2.24, 2.45) is 5.10 Å². The Morgan fingerprint density at radius 3 is 2.35 bits per heavy atom. The van der Waals surface area contributed by atoms with Crippen LogP contribution in [0.4, 0.5) is 13.2 Å². The molecule has 5 nitrogen and oxygen atoms in total. The van der Waals surface area contributed by atoms with Crippen LogP contribution >= 0.6 is 0 Å². The van der Waals surface area contributed by atoms with Gasteiger partial charge in [0.2, 0.25) is 0 Å². The minimum absolute atomic E-state index is 0.129. The van der Waals surface area contributed by atoms with Gasteiger partial charge in [0, 0.05) is 12.0 Å². The van der Waals surface area contributed by atoms with E-state index in [0.29, 0.717) is 33.0 Å². The van der Waals surface area contributed by atoms with Crippen LogP contribution < -0.4 is 0 Å². The zero-order valence-corrected chi connectivity index (χ0v) is 18.2. The molecule has 0 saturated heterocycles. The van der Waals surface area contributed by atoms with Crippen molar-refractivity contribution in [3.63, 3.8) is 0 Å². The van der Waals surface area contributed by atoms with Crippen molar-refractivity contribution in [2.75, 3.05) is 0 Å². The second-order valence-electron chi connectivity index (χ2n) is 8.16. The number of alkyl halides is 2. The number of aliphatic carboxylic acids is 1. The molecule has 0 spiro atoms. The van der Waals surface area contributed by atoms with E-state index >= 15 is 0 Å². The molecule has 1 heterocycles. The number of halogens is 3. The van der Waals surface area contributed by atoms with Crippen LogP contribution in [0.1, 0.15) is 35.6 Å². The first kappa shape index (κ1) is 23.2. The van der Waals surface area contributed by atoms with Gasteiger partial charge in [0.1, 0.15) is 12.2 Å². The number of amides is 1. The summed E-state index contributed by atoms with van der Waals surface area (Å²) in [5.41, 5.74) is 3.69. The molecule has 1 amide bonds. The second kappa shape index (κ2) is 9.13. The number of carboxylic acids is 1. The standard InChI is InChI=1S/C26H21F3N2O3/c1-16-9-11-17(12-10-16)23-14-22(30-31(23)25(34)26(28,29)15-24(32)33)21-8-3-2-7-20(21)18-5-4-6-19(27)13-18/h2-13,23H,14-15H2,1H3,(H,32,33). The molecule has 3 aromatic carbocycles. The summed E-state index contributed by atoms with van der Waals surface area (Å²) < 4.78 is 42.9. The summed E-state index contributed by atoms with van der Waals surface area (Å²) >= 11 is 0. The number of rotatable bonds is 6. The minimum Gasteiger partial charge on any atom is -0.481 e. The molecule has 1 unspecified atom stereocenters. The van der Waals surface area contributed by atoms with Gasteiger partial charge in [-0.15, -0.1) is 0 Å². The van der Waals surface area contributed by atoms with Gasteiger partial charge in [-0.1, -0.05) is 66.2 Å². The Morgan fingerprint density at radius 2 is 1.71 bits per heavy atom. The molecule has 1 atom stereocenters. The van der Waals surface area contributed by atoms with Gasteiger partial charge in [0.15, 0.2) is 0 Å². The fourth-order valence-electron chi connectivity index (χ4n) is 3.98. The number of hydrogen-bond acceptors (Lipinski definition) is 3. The lowest BCUT2D eigenvalue weighted by Crippen LogP contribution is -2.42. The van der Waals surface area contributed by atoms with Crippen LogP contribution in [0.5, 0.6) is 0 Å². The molecule has 1 aliphatic heterocycles. The Bertz CT molecular complexity index is 1270. The third kappa shape index (κ3) is 4.71. The van der Waals surface area contributed by atoms with Gasteiger partial charge in [0.05, 0.1) is 11.8 Å². The Balaban J connectivity index is 1.79. The average molecular weight is 466 g/mol. The van der Waals surface area contributed by atoms with E-state index in [1.54, 1.807) is 60.7 Å². The number of carbonyl (C=O) groups is 2. The number of carboxylic acid groups (broad SMARTS) is 1. The molecule has 8 heteroatoms. The van der Waals surface area contributed by atoms with Gasteiger partial charge < -0.3 is 5.11 Å². The van der Waals surface area contributed by atoms with Gasteiger partial charge in [0.25, 0.3) is 0 Å². The van der Waals surface area contributed by atoms with Crippen molar-refractivity contribution >= 4 is 17.6 Å². The first-order valence-corrected chi connectivity index (χ1v) is 10.6. The topological polar surface area (TPSA) is 70.0 Å². The SMILES string of the molecule is Cc1ccc(C2CC(c3ccccc3-c3cccc(F)c3)=NN2C(=O)C(F)(F)CC(=O)O)cc1. The fraction of sp³-hybridized carbons (Fsp3) is 0.192. The summed E-state index contributed by atoms with van der Waals surface area (Å²) in [6, 6.07) is 19.2. The van der Waals surface area contributed by atoms with Crippen LogP contribution in [0.15, 0.2) is 77.9 Å². The maximum Gasteiger partial charge on any atom is 0.337 e. The van der Waals surface area contributed by atoms with Gasteiger partial charge in [-0.2, -0.15) is 13.9 Å². The molecular weight excluding hydrogens is 445 g/mol. The monoisotopic (exact) mass is 466 g/mol. The molecule has 0 radical (unpaired) electrons. The first-order valence-electron chi connectivity index (χ1n) is 10.6. The van der Waals surface area contributed by atoms with Gasteiger partial charge >= 0.3 is 17.8 Å². The maximum absolute atomic E-state index is 14.5. The second-order valence-corrected chi connectivity index (χ2v) is 8.16. The Morgan fingerprint density at radius 1 is 1.03 bits per heavy atom. The van der Waals surface area contributed by atoms with Crippen molar-refractivity contribution in [3.05, 3.63) is 95.3 Å². The highest BCUT2D eigenvalue weighted by atomic mass is 19.3. The zero-order chi connectivity index (χ0) is 24.5. The van der Waals surface area contributed by atoms with E-state index in [9.17, 15) is 22.8 Å². The number of hydrazone groups is 1. The molecular formula is C26H21F3N2O3. The molecule has 174 valence electrons. The highest BCUT2D eigenvalue weighted by Gasteiger charge is 2.48. The minimum atomic E-state index is -4.13. The van der Waals surface area contributed by atoms with Gasteiger partial charge in [-0.3, -0.25) is 9.59 Å². The van der Waals surface area contributed by atoms with Crippen molar-refractivity contribution in [3.8, 4) is 11.1 Å². The maximum atomic E-state index is 14.5. The van der Waals surface area contributed by atoms with Crippen LogP contribution in [0.3, 0.4) is 0 Å². The lowest BCUT2D eigenvalue weighted by Gasteiger charge is -2.25. The van der Waals surface area contributed by atoms with Crippen molar-refractivity contribution < 1.29 is 27.9 Å². The summed E-state index contributed by atoms with van der Waals surface area (Å²) in [6.07, 6.45) is -1.50. The summed E-state index contributed by atoms with van der Waals surface area (Å²) in [5, 5.41) is 13.8. The quantitative estimate of drug-likeness (QED) is 0.515. The normalized spacial score (nSPS) is 15.8. The Hall–Kier alpha value is -3.94. The van der Waals surface area contributed by atoms with Gasteiger partial charge in [-0.25, -0.2) is 9.40 Å². The van der Waals surface area contributed by atoms with E-state index in [1.165, 1.54) is 12.1 Å². The lowest BCUT2D eigenvalue weighted by molar-refractivity contribution is -0.167. The summed E-state index contributed by atoms with van der Waals surface area (Å²) in [7, 11) is 0. The Kier molecular flexibility index (Phi) is 6.24. The molecule has 0 aromatic heterocycles. The van der Waals surface area contributed by atoms with Crippen LogP contribution in [0.2, 0.25) is 0 Å². The predicted octanol–water partition coefficient (Wildman–Crippen LogP) is 5.59. The van der Waals surface area contributed by atoms with Crippen molar-refractivity contribution in [2.45, 2.75) is 31.7 Å². The Labute approximate surface area is 194 Å². The number of nitrogens with zero attached hydrogens (tertiary/aromatic N) is 2. The van der Waals surface area contributed by atoms with Crippen LogP contribution in [0.25, 0.3) is 11.1 Å². The molecule has 0 bridgehead atoms. The molecule has 1 aliphatic rings. The molecule has 1 N–H and O–H groups in total. The fourth-order valence-corrected chi connectivity index (χ4v) is 3.98. The summed E-state index contributed by atoms with van der Waals surface area (Å²) in [4.78, 5) is 23.7. The molecule has 0 aliphatic carbocycles. The number of aryl methyl sites for hydroxylation is 1. The van der Waals surface area contributed by atoms with E-state index < -0.39 is 36.1 Å². The third-order valence-corrected chi connectivity index (χ3v) is 5.64. The number of hydrogen-bond donors (Lipinski definition) is 1. The highest BCUT2D eigenvalue weighted by molar-refractivity contribution is 6.08. The van der Waals surface area contributed by atoms with Crippen LogP contribution in [0, 0.1) is 12.7 Å². The number of carbonyl (C=O) groups excluding carboxylic acids is 1. The van der Waals surface area contributed by atoms with Crippen LogP contribution in [-0.4, -0.2) is 33.6 Å². The molecule has 3 aromatic rings. The van der Waals surface area contributed by atoms with Crippen molar-refractivity contribution in [1.82, 2.24) is 5.01 Å². The molecule has 4 rings (SSSR count). The van der Waals surface area contributed by atoms with Gasteiger partial charge in [-0.05, 0) is 35.7 Å². The van der Waals surface area contributed by atoms with Crippen LogP contribution in [-0.2, 0) is 9.59 Å². The van der Waals surface area contributed by atoms with E-state index in [1.807, 2.05) is 6.92 Å². The molecule has 0 saturated carbocycles.